The summed E-state index contributed by atoms with van der Waals surface area (Å²) in [6, 6.07) is 10.4. The van der Waals surface area contributed by atoms with E-state index in [1.807, 2.05) is 23.1 Å². The van der Waals surface area contributed by atoms with Gasteiger partial charge in [0.1, 0.15) is 0 Å². The van der Waals surface area contributed by atoms with Gasteiger partial charge in [-0.25, -0.2) is 0 Å². The molecule has 6 nitrogen and oxygen atoms in total. The number of carbonyl (C=O) groups is 2. The number of morpholine rings is 1. The molecule has 6 heteroatoms. The van der Waals surface area contributed by atoms with Crippen LogP contribution < -0.4 is 0 Å². The van der Waals surface area contributed by atoms with Crippen LogP contribution in [0.5, 0.6) is 0 Å². The molecular weight excluding hydrogens is 378 g/mol. The molecule has 1 aliphatic carbocycles. The zero-order chi connectivity index (χ0) is 20.9. The second kappa shape index (κ2) is 9.92. The molecule has 0 bridgehead atoms. The third-order valence-corrected chi connectivity index (χ3v) is 6.72. The van der Waals surface area contributed by atoms with Crippen LogP contribution in [-0.2, 0) is 20.9 Å². The van der Waals surface area contributed by atoms with Gasteiger partial charge in [0, 0.05) is 57.1 Å². The number of hydrogen-bond donors (Lipinski definition) is 0. The summed E-state index contributed by atoms with van der Waals surface area (Å²) in [5.41, 5.74) is 1.17. The minimum atomic E-state index is 0.0177. The van der Waals surface area contributed by atoms with Gasteiger partial charge in [0.25, 0.3) is 0 Å². The Kier molecular flexibility index (Phi) is 7.05. The Morgan fingerprint density at radius 3 is 2.30 bits per heavy atom. The number of likely N-dealkylation sites (tertiary alicyclic amines) is 1. The largest absolute Gasteiger partial charge is 0.379 e. The van der Waals surface area contributed by atoms with Crippen molar-refractivity contribution in [3.8, 4) is 0 Å². The lowest BCUT2D eigenvalue weighted by Crippen LogP contribution is -2.51. The Morgan fingerprint density at radius 2 is 1.67 bits per heavy atom. The topological polar surface area (TPSA) is 53.1 Å². The van der Waals surface area contributed by atoms with Crippen LogP contribution in [0.4, 0.5) is 0 Å². The van der Waals surface area contributed by atoms with E-state index < -0.39 is 0 Å². The van der Waals surface area contributed by atoms with Gasteiger partial charge in [-0.3, -0.25) is 14.5 Å². The summed E-state index contributed by atoms with van der Waals surface area (Å²) in [5.74, 6) is 0.838. The third-order valence-electron chi connectivity index (χ3n) is 6.72. The van der Waals surface area contributed by atoms with Crippen LogP contribution in [0.15, 0.2) is 30.3 Å². The second-order valence-corrected chi connectivity index (χ2v) is 9.09. The number of carbonyl (C=O) groups excluding carboxylic acids is 2. The molecule has 3 fully saturated rings. The van der Waals surface area contributed by atoms with E-state index in [0.29, 0.717) is 12.5 Å². The Labute approximate surface area is 180 Å². The number of benzene rings is 1. The van der Waals surface area contributed by atoms with Gasteiger partial charge in [-0.1, -0.05) is 30.3 Å². The number of hydrogen-bond acceptors (Lipinski definition) is 4. The number of ether oxygens (including phenoxy) is 1. The van der Waals surface area contributed by atoms with Gasteiger partial charge < -0.3 is 14.5 Å². The number of amides is 2. The molecule has 1 aromatic carbocycles. The van der Waals surface area contributed by atoms with E-state index in [9.17, 15) is 9.59 Å². The zero-order valence-corrected chi connectivity index (χ0v) is 18.2. The van der Waals surface area contributed by atoms with Gasteiger partial charge in [-0.15, -0.1) is 0 Å². The van der Waals surface area contributed by atoms with Crippen LogP contribution >= 0.6 is 0 Å². The first-order valence-electron chi connectivity index (χ1n) is 11.5. The summed E-state index contributed by atoms with van der Waals surface area (Å²) in [4.78, 5) is 32.4. The maximum absolute atomic E-state index is 13.6. The van der Waals surface area contributed by atoms with Crippen LogP contribution in [0.3, 0.4) is 0 Å². The minimum absolute atomic E-state index is 0.0177. The molecule has 0 spiro atoms. The molecule has 0 N–H and O–H groups in total. The summed E-state index contributed by atoms with van der Waals surface area (Å²) in [6.45, 7) is 8.54. The Balaban J connectivity index is 1.40. The second-order valence-electron chi connectivity index (χ2n) is 9.09. The van der Waals surface area contributed by atoms with Crippen molar-refractivity contribution in [1.29, 1.82) is 0 Å². The molecule has 2 heterocycles. The van der Waals surface area contributed by atoms with Crippen LogP contribution in [0, 0.1) is 11.8 Å². The van der Waals surface area contributed by atoms with Crippen LogP contribution in [0.25, 0.3) is 0 Å². The van der Waals surface area contributed by atoms with Crippen molar-refractivity contribution in [2.24, 2.45) is 11.8 Å². The fourth-order valence-electron chi connectivity index (χ4n) is 4.66. The maximum atomic E-state index is 13.6. The highest BCUT2D eigenvalue weighted by Crippen LogP contribution is 2.33. The van der Waals surface area contributed by atoms with E-state index in [2.05, 4.69) is 28.9 Å². The lowest BCUT2D eigenvalue weighted by Gasteiger charge is -2.39. The van der Waals surface area contributed by atoms with E-state index in [-0.39, 0.29) is 23.8 Å². The Hall–Kier alpha value is -1.92. The van der Waals surface area contributed by atoms with E-state index in [4.69, 9.17) is 4.74 Å². The van der Waals surface area contributed by atoms with Gasteiger partial charge in [-0.2, -0.15) is 0 Å². The fraction of sp³-hybridized carbons (Fsp3) is 0.667. The highest BCUT2D eigenvalue weighted by Gasteiger charge is 2.37. The Bertz CT molecular complexity index is 708. The molecule has 1 aromatic rings. The average Bonchev–Trinajstić information content (AvgIpc) is 3.63. The van der Waals surface area contributed by atoms with Gasteiger partial charge in [0.2, 0.25) is 11.8 Å². The molecular formula is C24H35N3O3. The molecule has 30 heavy (non-hydrogen) atoms. The third kappa shape index (κ3) is 5.41. The standard InChI is InChI=1S/C24H35N3O3/c1-19(17-25-13-15-30-16-14-25)27(18-20-5-3-2-4-6-20)24(29)22-9-11-26(12-10-22)23(28)21-7-8-21/h2-6,19,21-22H,7-18H2,1H3. The zero-order valence-electron chi connectivity index (χ0n) is 18.2. The Morgan fingerprint density at radius 1 is 1.00 bits per heavy atom. The monoisotopic (exact) mass is 413 g/mol. The highest BCUT2D eigenvalue weighted by molar-refractivity contribution is 5.82. The lowest BCUT2D eigenvalue weighted by atomic mass is 9.94. The number of nitrogens with zero attached hydrogens (tertiary/aromatic N) is 3. The van der Waals surface area contributed by atoms with E-state index in [1.54, 1.807) is 0 Å². The molecule has 0 aromatic heterocycles. The van der Waals surface area contributed by atoms with Crippen molar-refractivity contribution in [2.45, 2.75) is 45.2 Å². The fourth-order valence-corrected chi connectivity index (χ4v) is 4.66. The van der Waals surface area contributed by atoms with Crippen molar-refractivity contribution in [1.82, 2.24) is 14.7 Å². The van der Waals surface area contributed by atoms with E-state index in [0.717, 1.165) is 71.6 Å². The molecule has 1 unspecified atom stereocenters. The first-order valence-corrected chi connectivity index (χ1v) is 11.5. The summed E-state index contributed by atoms with van der Waals surface area (Å²) in [5, 5.41) is 0. The van der Waals surface area contributed by atoms with Gasteiger partial charge in [-0.05, 0) is 38.2 Å². The van der Waals surface area contributed by atoms with Crippen LogP contribution in [0.2, 0.25) is 0 Å². The quantitative estimate of drug-likeness (QED) is 0.689. The molecule has 2 saturated heterocycles. The first-order chi connectivity index (χ1) is 14.6. The normalized spacial score (nSPS) is 22.0. The van der Waals surface area contributed by atoms with E-state index >= 15 is 0 Å². The predicted octanol–water partition coefficient (Wildman–Crippen LogP) is 2.38. The molecule has 2 aliphatic heterocycles. The van der Waals surface area contributed by atoms with Crippen LogP contribution in [-0.4, -0.2) is 78.5 Å². The first kappa shape index (κ1) is 21.3. The SMILES string of the molecule is CC(CN1CCOCC1)N(Cc1ccccc1)C(=O)C1CCN(C(=O)C2CC2)CC1. The number of piperidine rings is 1. The molecule has 3 aliphatic rings. The predicted molar refractivity (Wildman–Crippen MR) is 116 cm³/mol. The number of rotatable bonds is 7. The molecule has 4 rings (SSSR count). The molecule has 164 valence electrons. The summed E-state index contributed by atoms with van der Waals surface area (Å²) in [7, 11) is 0. The minimum Gasteiger partial charge on any atom is -0.379 e. The summed E-state index contributed by atoms with van der Waals surface area (Å²) >= 11 is 0. The van der Waals surface area contributed by atoms with Crippen molar-refractivity contribution in [2.75, 3.05) is 45.9 Å². The van der Waals surface area contributed by atoms with Gasteiger partial charge in [0.15, 0.2) is 0 Å². The summed E-state index contributed by atoms with van der Waals surface area (Å²) < 4.78 is 5.48. The molecule has 2 amide bonds. The van der Waals surface area contributed by atoms with Gasteiger partial charge >= 0.3 is 0 Å². The molecule has 1 atom stereocenters. The summed E-state index contributed by atoms with van der Waals surface area (Å²) in [6.07, 6.45) is 3.66. The smallest absolute Gasteiger partial charge is 0.226 e. The lowest BCUT2D eigenvalue weighted by molar-refractivity contribution is -0.143. The van der Waals surface area contributed by atoms with E-state index in [1.165, 1.54) is 5.56 Å². The molecule has 0 radical (unpaired) electrons. The van der Waals surface area contributed by atoms with Gasteiger partial charge in [0.05, 0.1) is 13.2 Å². The van der Waals surface area contributed by atoms with Crippen molar-refractivity contribution >= 4 is 11.8 Å². The van der Waals surface area contributed by atoms with Crippen molar-refractivity contribution in [3.63, 3.8) is 0 Å². The van der Waals surface area contributed by atoms with Crippen molar-refractivity contribution in [3.05, 3.63) is 35.9 Å². The van der Waals surface area contributed by atoms with Crippen LogP contribution in [0.1, 0.15) is 38.2 Å². The van der Waals surface area contributed by atoms with Crippen molar-refractivity contribution < 1.29 is 14.3 Å². The maximum Gasteiger partial charge on any atom is 0.226 e. The highest BCUT2D eigenvalue weighted by atomic mass is 16.5. The average molecular weight is 414 g/mol. The molecule has 1 saturated carbocycles.